The van der Waals surface area contributed by atoms with Crippen molar-refractivity contribution in [3.8, 4) is 0 Å². The molecule has 1 fully saturated rings. The molecule has 3 rings (SSSR count). The first-order valence-electron chi connectivity index (χ1n) is 5.78. The van der Waals surface area contributed by atoms with Crippen molar-refractivity contribution in [1.29, 1.82) is 0 Å². The molecule has 0 spiro atoms. The van der Waals surface area contributed by atoms with Gasteiger partial charge < -0.3 is 15.1 Å². The van der Waals surface area contributed by atoms with Crippen LogP contribution in [0.1, 0.15) is 18.2 Å². The minimum atomic E-state index is -0.336. The van der Waals surface area contributed by atoms with Gasteiger partial charge in [-0.1, -0.05) is 5.10 Å². The SMILES string of the molecule is Nc1nnc([C@@H]2CC(=O)N(c3ccc(F)cc3)C2)o1. The molecule has 1 aliphatic rings. The molecule has 19 heavy (non-hydrogen) atoms. The molecule has 1 amide bonds. The van der Waals surface area contributed by atoms with Gasteiger partial charge in [-0.2, -0.15) is 0 Å². The lowest BCUT2D eigenvalue weighted by Gasteiger charge is -2.15. The average molecular weight is 262 g/mol. The van der Waals surface area contributed by atoms with Crippen molar-refractivity contribution >= 4 is 17.6 Å². The van der Waals surface area contributed by atoms with E-state index in [1.165, 1.54) is 12.1 Å². The third kappa shape index (κ3) is 2.14. The molecule has 7 heteroatoms. The third-order valence-corrected chi connectivity index (χ3v) is 3.07. The first-order chi connectivity index (χ1) is 9.13. The predicted octanol–water partition coefficient (Wildman–Crippen LogP) is 1.31. The fraction of sp³-hybridized carbons (Fsp3) is 0.250. The van der Waals surface area contributed by atoms with E-state index < -0.39 is 0 Å². The zero-order chi connectivity index (χ0) is 13.4. The van der Waals surface area contributed by atoms with Gasteiger partial charge in [-0.05, 0) is 24.3 Å². The van der Waals surface area contributed by atoms with Gasteiger partial charge in [0.15, 0.2) is 0 Å². The zero-order valence-electron chi connectivity index (χ0n) is 9.91. The second-order valence-electron chi connectivity index (χ2n) is 4.36. The number of hydrogen-bond donors (Lipinski definition) is 1. The highest BCUT2D eigenvalue weighted by molar-refractivity contribution is 5.96. The van der Waals surface area contributed by atoms with E-state index in [2.05, 4.69) is 10.2 Å². The molecule has 0 aliphatic carbocycles. The van der Waals surface area contributed by atoms with Crippen molar-refractivity contribution in [2.45, 2.75) is 12.3 Å². The Kier molecular flexibility index (Phi) is 2.66. The summed E-state index contributed by atoms with van der Waals surface area (Å²) in [7, 11) is 0. The van der Waals surface area contributed by atoms with E-state index in [0.29, 0.717) is 18.1 Å². The molecule has 2 aromatic rings. The lowest BCUT2D eigenvalue weighted by molar-refractivity contribution is -0.117. The predicted molar refractivity (Wildman–Crippen MR) is 64.8 cm³/mol. The van der Waals surface area contributed by atoms with Gasteiger partial charge in [0.05, 0.1) is 5.92 Å². The standard InChI is InChI=1S/C12H11FN4O2/c13-8-1-3-9(4-2-8)17-6-7(5-10(17)18)11-15-16-12(14)19-11/h1-4,7H,5-6H2,(H2,14,16)/t7-/m1/s1. The minimum absolute atomic E-state index is 0.0114. The van der Waals surface area contributed by atoms with Crippen molar-refractivity contribution in [2.75, 3.05) is 17.2 Å². The molecule has 1 saturated heterocycles. The van der Waals surface area contributed by atoms with Gasteiger partial charge in [0.1, 0.15) is 5.82 Å². The van der Waals surface area contributed by atoms with E-state index in [1.807, 2.05) is 0 Å². The van der Waals surface area contributed by atoms with Crippen molar-refractivity contribution in [1.82, 2.24) is 10.2 Å². The summed E-state index contributed by atoms with van der Waals surface area (Å²) in [5.74, 6) is -0.220. The monoisotopic (exact) mass is 262 g/mol. The normalized spacial score (nSPS) is 19.1. The Bertz CT molecular complexity index is 610. The highest BCUT2D eigenvalue weighted by atomic mass is 19.1. The average Bonchev–Trinajstić information content (AvgIpc) is 2.97. The molecule has 2 heterocycles. The highest BCUT2D eigenvalue weighted by Gasteiger charge is 2.34. The van der Waals surface area contributed by atoms with E-state index in [0.717, 1.165) is 0 Å². The fourth-order valence-corrected chi connectivity index (χ4v) is 2.16. The van der Waals surface area contributed by atoms with Crippen molar-refractivity contribution in [3.63, 3.8) is 0 Å². The number of halogens is 1. The van der Waals surface area contributed by atoms with Crippen LogP contribution in [0.15, 0.2) is 28.7 Å². The number of nitrogens with two attached hydrogens (primary N) is 1. The molecule has 0 saturated carbocycles. The van der Waals surface area contributed by atoms with Crippen molar-refractivity contribution in [2.24, 2.45) is 0 Å². The molecular weight excluding hydrogens is 251 g/mol. The Morgan fingerprint density at radius 3 is 2.68 bits per heavy atom. The maximum atomic E-state index is 12.9. The van der Waals surface area contributed by atoms with E-state index in [1.54, 1.807) is 17.0 Å². The Labute approximate surface area is 108 Å². The molecule has 1 atom stereocenters. The van der Waals surface area contributed by atoms with Crippen LogP contribution in [0.25, 0.3) is 0 Å². The van der Waals surface area contributed by atoms with E-state index in [9.17, 15) is 9.18 Å². The number of anilines is 2. The summed E-state index contributed by atoms with van der Waals surface area (Å²) in [5, 5.41) is 7.37. The molecule has 0 radical (unpaired) electrons. The van der Waals surface area contributed by atoms with Gasteiger partial charge in [0, 0.05) is 18.7 Å². The second kappa shape index (κ2) is 4.34. The molecule has 1 aliphatic heterocycles. The molecule has 2 N–H and O–H groups in total. The number of benzene rings is 1. The van der Waals surface area contributed by atoms with Crippen LogP contribution in [0.3, 0.4) is 0 Å². The quantitative estimate of drug-likeness (QED) is 0.882. The Morgan fingerprint density at radius 1 is 1.32 bits per heavy atom. The van der Waals surface area contributed by atoms with Crippen molar-refractivity contribution < 1.29 is 13.6 Å². The van der Waals surface area contributed by atoms with Gasteiger partial charge >= 0.3 is 6.01 Å². The van der Waals surface area contributed by atoms with E-state index in [4.69, 9.17) is 10.2 Å². The van der Waals surface area contributed by atoms with Crippen LogP contribution in [-0.2, 0) is 4.79 Å². The van der Waals surface area contributed by atoms with Gasteiger partial charge in [0.25, 0.3) is 0 Å². The Morgan fingerprint density at radius 2 is 2.05 bits per heavy atom. The summed E-state index contributed by atoms with van der Waals surface area (Å²) in [6.45, 7) is 0.423. The first-order valence-corrected chi connectivity index (χ1v) is 5.78. The van der Waals surface area contributed by atoms with Gasteiger partial charge in [-0.3, -0.25) is 4.79 Å². The molecule has 6 nitrogen and oxygen atoms in total. The lowest BCUT2D eigenvalue weighted by atomic mass is 10.1. The molecule has 0 bridgehead atoms. The van der Waals surface area contributed by atoms with Crippen LogP contribution < -0.4 is 10.6 Å². The van der Waals surface area contributed by atoms with Crippen LogP contribution in [0.2, 0.25) is 0 Å². The van der Waals surface area contributed by atoms with Crippen molar-refractivity contribution in [3.05, 3.63) is 36.0 Å². The second-order valence-corrected chi connectivity index (χ2v) is 4.36. The number of nitrogen functional groups attached to an aromatic ring is 1. The smallest absolute Gasteiger partial charge is 0.312 e. The fourth-order valence-electron chi connectivity index (χ4n) is 2.16. The highest BCUT2D eigenvalue weighted by Crippen LogP contribution is 2.31. The Balaban J connectivity index is 1.82. The van der Waals surface area contributed by atoms with Gasteiger partial charge in [-0.15, -0.1) is 5.10 Å². The third-order valence-electron chi connectivity index (χ3n) is 3.07. The van der Waals surface area contributed by atoms with Gasteiger partial charge in [-0.25, -0.2) is 4.39 Å². The summed E-state index contributed by atoms with van der Waals surface area (Å²) >= 11 is 0. The number of nitrogens with zero attached hydrogens (tertiary/aromatic N) is 3. The lowest BCUT2D eigenvalue weighted by Crippen LogP contribution is -2.24. The number of aromatic nitrogens is 2. The summed E-state index contributed by atoms with van der Waals surface area (Å²) in [5.41, 5.74) is 6.02. The summed E-state index contributed by atoms with van der Waals surface area (Å²) < 4.78 is 18.0. The number of hydrogen-bond acceptors (Lipinski definition) is 5. The maximum Gasteiger partial charge on any atom is 0.312 e. The molecule has 98 valence electrons. The van der Waals surface area contributed by atoms with E-state index in [-0.39, 0.29) is 30.1 Å². The molecule has 1 aromatic heterocycles. The minimum Gasteiger partial charge on any atom is -0.408 e. The first kappa shape index (κ1) is 11.6. The summed E-state index contributed by atoms with van der Waals surface area (Å²) in [4.78, 5) is 13.5. The van der Waals surface area contributed by atoms with Crippen LogP contribution in [0.5, 0.6) is 0 Å². The van der Waals surface area contributed by atoms with Crippen LogP contribution in [-0.4, -0.2) is 22.6 Å². The van der Waals surface area contributed by atoms with E-state index >= 15 is 0 Å². The zero-order valence-corrected chi connectivity index (χ0v) is 9.91. The Hall–Kier alpha value is -2.44. The number of carbonyl (C=O) groups excluding carboxylic acids is 1. The van der Waals surface area contributed by atoms with Crippen LogP contribution >= 0.6 is 0 Å². The number of carbonyl (C=O) groups is 1. The molecule has 0 unspecified atom stereocenters. The topological polar surface area (TPSA) is 85.2 Å². The molecule has 1 aromatic carbocycles. The summed E-state index contributed by atoms with van der Waals surface area (Å²) in [6, 6.07) is 5.76. The van der Waals surface area contributed by atoms with Crippen LogP contribution in [0, 0.1) is 5.82 Å². The molecular formula is C12H11FN4O2. The largest absolute Gasteiger partial charge is 0.408 e. The van der Waals surface area contributed by atoms with Gasteiger partial charge in [0.2, 0.25) is 11.8 Å². The number of amides is 1. The number of rotatable bonds is 2. The van der Waals surface area contributed by atoms with Crippen LogP contribution in [0.4, 0.5) is 16.1 Å². The maximum absolute atomic E-state index is 12.9. The summed E-state index contributed by atoms with van der Waals surface area (Å²) in [6.07, 6.45) is 0.277.